The smallest absolute Gasteiger partial charge is 0.281 e. The molecule has 0 amide bonds. The zero-order chi connectivity index (χ0) is 12.9. The fourth-order valence-corrected chi connectivity index (χ4v) is 3.24. The van der Waals surface area contributed by atoms with E-state index < -0.39 is 10.2 Å². The SMILES string of the molecule is CNCCCN(C)S(=O)(=O)N1CCOC(C)C1. The first-order chi connectivity index (χ1) is 7.98. The number of hydrogen-bond acceptors (Lipinski definition) is 4. The third kappa shape index (κ3) is 4.18. The van der Waals surface area contributed by atoms with E-state index in [2.05, 4.69) is 5.32 Å². The zero-order valence-corrected chi connectivity index (χ0v) is 11.7. The summed E-state index contributed by atoms with van der Waals surface area (Å²) in [5.41, 5.74) is 0. The van der Waals surface area contributed by atoms with E-state index in [4.69, 9.17) is 4.74 Å². The fourth-order valence-electron chi connectivity index (χ4n) is 1.79. The van der Waals surface area contributed by atoms with Crippen molar-refractivity contribution in [2.45, 2.75) is 19.4 Å². The third-order valence-corrected chi connectivity index (χ3v) is 4.78. The molecule has 1 fully saturated rings. The number of nitrogens with zero attached hydrogens (tertiary/aromatic N) is 2. The van der Waals surface area contributed by atoms with Crippen LogP contribution in [0.25, 0.3) is 0 Å². The first kappa shape index (κ1) is 14.8. The Labute approximate surface area is 104 Å². The van der Waals surface area contributed by atoms with Crippen molar-refractivity contribution in [1.29, 1.82) is 0 Å². The first-order valence-electron chi connectivity index (χ1n) is 5.96. The molecule has 6 nitrogen and oxygen atoms in total. The largest absolute Gasteiger partial charge is 0.376 e. The summed E-state index contributed by atoms with van der Waals surface area (Å²) >= 11 is 0. The van der Waals surface area contributed by atoms with E-state index in [9.17, 15) is 8.42 Å². The quantitative estimate of drug-likeness (QED) is 0.657. The Morgan fingerprint density at radius 2 is 2.24 bits per heavy atom. The molecule has 1 N–H and O–H groups in total. The van der Waals surface area contributed by atoms with E-state index >= 15 is 0 Å². The van der Waals surface area contributed by atoms with Gasteiger partial charge in [-0.3, -0.25) is 0 Å². The van der Waals surface area contributed by atoms with Gasteiger partial charge in [-0.2, -0.15) is 17.0 Å². The van der Waals surface area contributed by atoms with Crippen molar-refractivity contribution in [2.75, 3.05) is 46.9 Å². The topological polar surface area (TPSA) is 61.9 Å². The van der Waals surface area contributed by atoms with Crippen molar-refractivity contribution in [1.82, 2.24) is 13.9 Å². The molecule has 0 radical (unpaired) electrons. The van der Waals surface area contributed by atoms with Gasteiger partial charge in [0, 0.05) is 26.7 Å². The van der Waals surface area contributed by atoms with Crippen molar-refractivity contribution in [3.63, 3.8) is 0 Å². The lowest BCUT2D eigenvalue weighted by atomic mass is 10.3. The van der Waals surface area contributed by atoms with Crippen LogP contribution in [0.4, 0.5) is 0 Å². The lowest BCUT2D eigenvalue weighted by molar-refractivity contribution is 0.00853. The van der Waals surface area contributed by atoms with Crippen LogP contribution in [0.5, 0.6) is 0 Å². The highest BCUT2D eigenvalue weighted by Crippen LogP contribution is 2.12. The number of hydrogen-bond donors (Lipinski definition) is 1. The van der Waals surface area contributed by atoms with Gasteiger partial charge in [-0.05, 0) is 26.9 Å². The molecule has 0 spiro atoms. The molecular formula is C10H23N3O3S. The average Bonchev–Trinajstić information content (AvgIpc) is 2.29. The predicted molar refractivity (Wildman–Crippen MR) is 67.1 cm³/mol. The van der Waals surface area contributed by atoms with Crippen LogP contribution in [-0.4, -0.2) is 70.0 Å². The first-order valence-corrected chi connectivity index (χ1v) is 7.35. The van der Waals surface area contributed by atoms with Gasteiger partial charge in [0.05, 0.1) is 12.7 Å². The Bertz CT molecular complexity index is 321. The second kappa shape index (κ2) is 6.65. The minimum absolute atomic E-state index is 0.0239. The Balaban J connectivity index is 2.53. The summed E-state index contributed by atoms with van der Waals surface area (Å²) in [5, 5.41) is 3.01. The van der Waals surface area contributed by atoms with Gasteiger partial charge in [0.2, 0.25) is 0 Å². The summed E-state index contributed by atoms with van der Waals surface area (Å²) in [4.78, 5) is 0. The summed E-state index contributed by atoms with van der Waals surface area (Å²) in [6, 6.07) is 0. The molecule has 0 aromatic heterocycles. The maximum absolute atomic E-state index is 12.2. The second-order valence-electron chi connectivity index (χ2n) is 4.33. The van der Waals surface area contributed by atoms with E-state index in [0.717, 1.165) is 13.0 Å². The van der Waals surface area contributed by atoms with Crippen LogP contribution in [0.1, 0.15) is 13.3 Å². The summed E-state index contributed by atoms with van der Waals surface area (Å²) in [5.74, 6) is 0. The Morgan fingerprint density at radius 1 is 1.53 bits per heavy atom. The Morgan fingerprint density at radius 3 is 2.82 bits per heavy atom. The Hall–Kier alpha value is -0.210. The van der Waals surface area contributed by atoms with Gasteiger partial charge < -0.3 is 10.1 Å². The number of ether oxygens (including phenoxy) is 1. The summed E-state index contributed by atoms with van der Waals surface area (Å²) < 4.78 is 32.7. The van der Waals surface area contributed by atoms with Crippen molar-refractivity contribution in [3.05, 3.63) is 0 Å². The molecule has 1 unspecified atom stereocenters. The highest BCUT2D eigenvalue weighted by Gasteiger charge is 2.30. The summed E-state index contributed by atoms with van der Waals surface area (Å²) in [6.07, 6.45) is 0.788. The summed E-state index contributed by atoms with van der Waals surface area (Å²) in [7, 11) is 0.173. The monoisotopic (exact) mass is 265 g/mol. The number of morpholine rings is 1. The molecule has 1 atom stereocenters. The fraction of sp³-hybridized carbons (Fsp3) is 1.00. The molecule has 0 aromatic rings. The van der Waals surface area contributed by atoms with Crippen molar-refractivity contribution >= 4 is 10.2 Å². The molecule has 102 valence electrons. The molecule has 0 aromatic carbocycles. The van der Waals surface area contributed by atoms with E-state index in [1.54, 1.807) is 7.05 Å². The van der Waals surface area contributed by atoms with E-state index in [1.807, 2.05) is 14.0 Å². The maximum atomic E-state index is 12.2. The highest BCUT2D eigenvalue weighted by atomic mass is 32.2. The van der Waals surface area contributed by atoms with Gasteiger partial charge in [-0.1, -0.05) is 0 Å². The minimum atomic E-state index is -3.32. The van der Waals surface area contributed by atoms with Crippen LogP contribution in [0.3, 0.4) is 0 Å². The molecule has 0 aliphatic carbocycles. The van der Waals surface area contributed by atoms with Crippen LogP contribution in [0.15, 0.2) is 0 Å². The van der Waals surface area contributed by atoms with Crippen LogP contribution in [-0.2, 0) is 14.9 Å². The minimum Gasteiger partial charge on any atom is -0.376 e. The highest BCUT2D eigenvalue weighted by molar-refractivity contribution is 7.86. The van der Waals surface area contributed by atoms with Crippen molar-refractivity contribution < 1.29 is 13.2 Å². The molecule has 7 heteroatoms. The van der Waals surface area contributed by atoms with E-state index in [0.29, 0.717) is 26.2 Å². The summed E-state index contributed by atoms with van der Waals surface area (Å²) in [6.45, 7) is 4.61. The van der Waals surface area contributed by atoms with Crippen LogP contribution in [0, 0.1) is 0 Å². The van der Waals surface area contributed by atoms with Gasteiger partial charge in [-0.15, -0.1) is 0 Å². The molecule has 1 aliphatic rings. The zero-order valence-electron chi connectivity index (χ0n) is 10.8. The molecule has 1 heterocycles. The lowest BCUT2D eigenvalue weighted by Gasteiger charge is -2.33. The molecule has 1 rings (SSSR count). The second-order valence-corrected chi connectivity index (χ2v) is 6.36. The van der Waals surface area contributed by atoms with Gasteiger partial charge in [-0.25, -0.2) is 0 Å². The van der Waals surface area contributed by atoms with Crippen molar-refractivity contribution in [3.8, 4) is 0 Å². The van der Waals surface area contributed by atoms with Crippen LogP contribution < -0.4 is 5.32 Å². The van der Waals surface area contributed by atoms with E-state index in [-0.39, 0.29) is 6.10 Å². The average molecular weight is 265 g/mol. The lowest BCUT2D eigenvalue weighted by Crippen LogP contribution is -2.50. The number of rotatable bonds is 6. The molecule has 1 aliphatic heterocycles. The molecule has 0 saturated carbocycles. The van der Waals surface area contributed by atoms with Crippen LogP contribution in [0.2, 0.25) is 0 Å². The predicted octanol–water partition coefficient (Wildman–Crippen LogP) is -0.507. The molecule has 0 bridgehead atoms. The molecule has 17 heavy (non-hydrogen) atoms. The van der Waals surface area contributed by atoms with Gasteiger partial charge in [0.1, 0.15) is 0 Å². The van der Waals surface area contributed by atoms with Gasteiger partial charge in [0.15, 0.2) is 0 Å². The molecular weight excluding hydrogens is 242 g/mol. The van der Waals surface area contributed by atoms with Crippen LogP contribution >= 0.6 is 0 Å². The Kier molecular flexibility index (Phi) is 5.81. The van der Waals surface area contributed by atoms with Crippen molar-refractivity contribution in [2.24, 2.45) is 0 Å². The van der Waals surface area contributed by atoms with Gasteiger partial charge >= 0.3 is 0 Å². The van der Waals surface area contributed by atoms with Gasteiger partial charge in [0.25, 0.3) is 10.2 Å². The standard InChI is InChI=1S/C10H23N3O3S/c1-10-9-13(7-8-16-10)17(14,15)12(3)6-4-5-11-2/h10-11H,4-9H2,1-3H3. The maximum Gasteiger partial charge on any atom is 0.281 e. The third-order valence-electron chi connectivity index (χ3n) is 2.82. The number of nitrogens with one attached hydrogen (secondary N) is 1. The molecule has 1 saturated heterocycles. The normalized spacial score (nSPS) is 23.2. The van der Waals surface area contributed by atoms with E-state index in [1.165, 1.54) is 8.61 Å².